The second kappa shape index (κ2) is 11.5. The van der Waals surface area contributed by atoms with Gasteiger partial charge in [-0.25, -0.2) is 0 Å². The molecule has 1 aliphatic rings. The van der Waals surface area contributed by atoms with Crippen LogP contribution in [-0.2, 0) is 5.41 Å². The summed E-state index contributed by atoms with van der Waals surface area (Å²) in [6.07, 6.45) is 0. The van der Waals surface area contributed by atoms with Crippen molar-refractivity contribution < 1.29 is 4.42 Å². The lowest BCUT2D eigenvalue weighted by molar-refractivity contribution is 0.653. The fourth-order valence-corrected chi connectivity index (χ4v) is 10.1. The summed E-state index contributed by atoms with van der Waals surface area (Å²) in [6, 6.07) is 67.0. The summed E-state index contributed by atoms with van der Waals surface area (Å²) >= 11 is 0. The van der Waals surface area contributed by atoms with E-state index in [1.807, 2.05) is 0 Å². The van der Waals surface area contributed by atoms with E-state index < -0.39 is 0 Å². The molecule has 0 unspecified atom stereocenters. The molecule has 1 heteroatoms. The lowest BCUT2D eigenvalue weighted by atomic mass is 9.82. The normalized spacial score (nSPS) is 13.3. The van der Waals surface area contributed by atoms with E-state index >= 15 is 0 Å². The molecule has 0 spiro atoms. The third-order valence-corrected chi connectivity index (χ3v) is 12.7. The second-order valence-electron chi connectivity index (χ2n) is 15.9. The molecule has 0 amide bonds. The van der Waals surface area contributed by atoms with Crippen LogP contribution >= 0.6 is 0 Å². The van der Waals surface area contributed by atoms with Crippen LogP contribution < -0.4 is 0 Å². The fraction of sp³-hybridized carbons (Fsp3) is 0.0545. The van der Waals surface area contributed by atoms with Crippen molar-refractivity contribution in [3.8, 4) is 44.5 Å². The van der Waals surface area contributed by atoms with Gasteiger partial charge in [0.2, 0.25) is 0 Å². The van der Waals surface area contributed by atoms with Crippen molar-refractivity contribution in [2.75, 3.05) is 0 Å². The molecule has 1 nitrogen and oxygen atoms in total. The highest BCUT2D eigenvalue weighted by atomic mass is 16.3. The van der Waals surface area contributed by atoms with Crippen LogP contribution in [0.4, 0.5) is 0 Å². The SMILES string of the molecule is CC1(C)c2ccccc2-c2c1ccc1c2oc2cc(-c3ccc(-c4c5ccccc5c(-c5cccc6ccccc56)c5ccccc45)cc3)c3ccccc3c21. The van der Waals surface area contributed by atoms with Crippen molar-refractivity contribution in [2.24, 2.45) is 0 Å². The number of rotatable bonds is 3. The first-order chi connectivity index (χ1) is 27.6. The van der Waals surface area contributed by atoms with Crippen molar-refractivity contribution in [3.63, 3.8) is 0 Å². The first-order valence-corrected chi connectivity index (χ1v) is 19.6. The minimum Gasteiger partial charge on any atom is -0.455 e. The van der Waals surface area contributed by atoms with Crippen LogP contribution in [0.25, 0.3) is 110 Å². The molecule has 0 saturated heterocycles. The lowest BCUT2D eigenvalue weighted by Gasteiger charge is -2.21. The summed E-state index contributed by atoms with van der Waals surface area (Å²) in [5.41, 5.74) is 14.4. The Morgan fingerprint density at radius 3 is 1.64 bits per heavy atom. The average Bonchev–Trinajstić information content (AvgIpc) is 3.74. The third-order valence-electron chi connectivity index (χ3n) is 12.7. The predicted molar refractivity (Wildman–Crippen MR) is 238 cm³/mol. The van der Waals surface area contributed by atoms with E-state index in [9.17, 15) is 0 Å². The minimum absolute atomic E-state index is 0.0824. The third kappa shape index (κ3) is 4.26. The number of benzene rings is 10. The summed E-state index contributed by atoms with van der Waals surface area (Å²) < 4.78 is 6.98. The zero-order valence-electron chi connectivity index (χ0n) is 31.2. The number of furan rings is 1. The van der Waals surface area contributed by atoms with Crippen LogP contribution in [-0.4, -0.2) is 0 Å². The zero-order valence-corrected chi connectivity index (χ0v) is 31.2. The highest BCUT2D eigenvalue weighted by molar-refractivity contribution is 6.25. The van der Waals surface area contributed by atoms with Gasteiger partial charge < -0.3 is 4.42 Å². The van der Waals surface area contributed by atoms with Gasteiger partial charge in [-0.3, -0.25) is 0 Å². The van der Waals surface area contributed by atoms with Crippen LogP contribution in [0.15, 0.2) is 186 Å². The summed E-state index contributed by atoms with van der Waals surface area (Å²) in [6.45, 7) is 4.66. The summed E-state index contributed by atoms with van der Waals surface area (Å²) in [5.74, 6) is 0. The smallest absolute Gasteiger partial charge is 0.143 e. The van der Waals surface area contributed by atoms with Gasteiger partial charge in [0.05, 0.1) is 0 Å². The number of fused-ring (bicyclic) bond motifs is 12. The molecule has 1 aromatic heterocycles. The predicted octanol–water partition coefficient (Wildman–Crippen LogP) is 15.5. The van der Waals surface area contributed by atoms with Gasteiger partial charge in [-0.05, 0) is 99.2 Å². The highest BCUT2D eigenvalue weighted by Gasteiger charge is 2.37. The van der Waals surface area contributed by atoms with Gasteiger partial charge in [0.25, 0.3) is 0 Å². The standard InChI is InChI=1S/C55H36O/c1-55(2)47-25-12-11-23-44(47)53-48(55)31-30-45-52-39-18-6-5-17-37(39)46(32-49(52)56-54(45)53)34-26-28-35(29-27-34)50-40-19-7-9-21-42(40)51(43-22-10-8-20-41(43)50)38-24-13-15-33-14-3-4-16-36(33)38/h3-32H,1-2H3. The Hall–Kier alpha value is -6.96. The van der Waals surface area contributed by atoms with Crippen LogP contribution in [0.1, 0.15) is 25.0 Å². The van der Waals surface area contributed by atoms with Gasteiger partial charge in [-0.15, -0.1) is 0 Å². The first-order valence-electron chi connectivity index (χ1n) is 19.6. The average molecular weight is 713 g/mol. The molecule has 0 N–H and O–H groups in total. The molecule has 56 heavy (non-hydrogen) atoms. The summed E-state index contributed by atoms with van der Waals surface area (Å²) in [5, 5.41) is 12.4. The van der Waals surface area contributed by atoms with Crippen molar-refractivity contribution in [3.05, 3.63) is 193 Å². The molecule has 0 aliphatic heterocycles. The topological polar surface area (TPSA) is 13.1 Å². The van der Waals surface area contributed by atoms with Gasteiger partial charge in [0, 0.05) is 21.8 Å². The number of hydrogen-bond donors (Lipinski definition) is 0. The largest absolute Gasteiger partial charge is 0.455 e. The van der Waals surface area contributed by atoms with E-state index in [-0.39, 0.29) is 5.41 Å². The molecule has 0 fully saturated rings. The number of hydrogen-bond acceptors (Lipinski definition) is 1. The summed E-state index contributed by atoms with van der Waals surface area (Å²) in [4.78, 5) is 0. The van der Waals surface area contributed by atoms with Gasteiger partial charge >= 0.3 is 0 Å². The van der Waals surface area contributed by atoms with Gasteiger partial charge in [-0.1, -0.05) is 190 Å². The van der Waals surface area contributed by atoms with E-state index in [2.05, 4.69) is 196 Å². The van der Waals surface area contributed by atoms with E-state index in [1.165, 1.54) is 109 Å². The maximum absolute atomic E-state index is 6.98. The van der Waals surface area contributed by atoms with Crippen molar-refractivity contribution in [1.82, 2.24) is 0 Å². The molecule has 1 aliphatic carbocycles. The van der Waals surface area contributed by atoms with Crippen LogP contribution in [0.3, 0.4) is 0 Å². The Morgan fingerprint density at radius 2 is 0.911 bits per heavy atom. The summed E-state index contributed by atoms with van der Waals surface area (Å²) in [7, 11) is 0. The van der Waals surface area contributed by atoms with E-state index in [0.29, 0.717) is 0 Å². The quantitative estimate of drug-likeness (QED) is 0.166. The van der Waals surface area contributed by atoms with Gasteiger partial charge in [0.15, 0.2) is 0 Å². The molecular formula is C55H36O. The Bertz CT molecular complexity index is 3370. The van der Waals surface area contributed by atoms with E-state index in [0.717, 1.165) is 11.2 Å². The second-order valence-corrected chi connectivity index (χ2v) is 15.9. The monoisotopic (exact) mass is 712 g/mol. The molecule has 0 saturated carbocycles. The van der Waals surface area contributed by atoms with Gasteiger partial charge in [0.1, 0.15) is 11.2 Å². The molecule has 12 rings (SSSR count). The first kappa shape index (κ1) is 31.4. The Kier molecular flexibility index (Phi) is 6.46. The maximum atomic E-state index is 6.98. The van der Waals surface area contributed by atoms with Gasteiger partial charge in [-0.2, -0.15) is 0 Å². The van der Waals surface area contributed by atoms with E-state index in [1.54, 1.807) is 0 Å². The lowest BCUT2D eigenvalue weighted by Crippen LogP contribution is -2.14. The van der Waals surface area contributed by atoms with Crippen LogP contribution in [0, 0.1) is 0 Å². The van der Waals surface area contributed by atoms with Crippen molar-refractivity contribution >= 4 is 65.0 Å². The molecule has 1 heterocycles. The van der Waals surface area contributed by atoms with Crippen molar-refractivity contribution in [1.29, 1.82) is 0 Å². The van der Waals surface area contributed by atoms with Crippen molar-refractivity contribution in [2.45, 2.75) is 19.3 Å². The highest BCUT2D eigenvalue weighted by Crippen LogP contribution is 2.53. The Balaban J connectivity index is 1.05. The van der Waals surface area contributed by atoms with Crippen LogP contribution in [0.2, 0.25) is 0 Å². The molecule has 0 bridgehead atoms. The fourth-order valence-electron chi connectivity index (χ4n) is 10.1. The van der Waals surface area contributed by atoms with Crippen LogP contribution in [0.5, 0.6) is 0 Å². The Labute approximate surface area is 325 Å². The molecule has 262 valence electrons. The zero-order chi connectivity index (χ0) is 37.1. The minimum atomic E-state index is -0.0824. The molecular weight excluding hydrogens is 677 g/mol. The molecule has 0 atom stereocenters. The molecule has 10 aromatic carbocycles. The maximum Gasteiger partial charge on any atom is 0.143 e. The van der Waals surface area contributed by atoms with E-state index in [4.69, 9.17) is 4.42 Å². The molecule has 0 radical (unpaired) electrons. The Morgan fingerprint density at radius 1 is 0.357 bits per heavy atom. The molecule has 11 aromatic rings.